The molecule has 1 heterocycles. The van der Waals surface area contributed by atoms with Gasteiger partial charge in [-0.25, -0.2) is 0 Å². The number of piperidine rings is 1. The van der Waals surface area contributed by atoms with Crippen LogP contribution in [0.2, 0.25) is 0 Å². The van der Waals surface area contributed by atoms with Gasteiger partial charge in [-0.05, 0) is 92.7 Å². The topological polar surface area (TPSA) is 12.5 Å². The van der Waals surface area contributed by atoms with Gasteiger partial charge in [0.1, 0.15) is 5.75 Å². The molecule has 5 unspecified atom stereocenters. The summed E-state index contributed by atoms with van der Waals surface area (Å²) in [5.74, 6) is 3.75. The van der Waals surface area contributed by atoms with E-state index in [1.807, 2.05) is 0 Å². The van der Waals surface area contributed by atoms with Crippen molar-refractivity contribution in [1.82, 2.24) is 4.90 Å². The maximum atomic E-state index is 5.57. The van der Waals surface area contributed by atoms with Crippen LogP contribution < -0.4 is 4.74 Å². The summed E-state index contributed by atoms with van der Waals surface area (Å²) in [5, 5.41) is 0. The number of hydrogen-bond acceptors (Lipinski definition) is 2. The maximum Gasteiger partial charge on any atom is 0.119 e. The van der Waals surface area contributed by atoms with Gasteiger partial charge >= 0.3 is 0 Å². The number of fused-ring (bicyclic) bond motifs is 2. The van der Waals surface area contributed by atoms with E-state index in [2.05, 4.69) is 42.3 Å². The zero-order valence-electron chi connectivity index (χ0n) is 15.0. The summed E-state index contributed by atoms with van der Waals surface area (Å²) in [6, 6.07) is 7.59. The molecule has 1 saturated heterocycles. The molecular formula is C22H29NO. The molecule has 4 aliphatic rings. The molecule has 1 aromatic rings. The Balaban J connectivity index is 1.67. The van der Waals surface area contributed by atoms with Crippen LogP contribution in [0.3, 0.4) is 0 Å². The van der Waals surface area contributed by atoms with Crippen molar-refractivity contribution in [3.8, 4) is 5.75 Å². The third-order valence-corrected chi connectivity index (χ3v) is 7.88. The van der Waals surface area contributed by atoms with Crippen LogP contribution in [0, 0.1) is 17.3 Å². The van der Waals surface area contributed by atoms with Crippen molar-refractivity contribution >= 4 is 0 Å². The number of methoxy groups -OCH3 is 1. The van der Waals surface area contributed by atoms with Gasteiger partial charge in [0.2, 0.25) is 0 Å². The van der Waals surface area contributed by atoms with Gasteiger partial charge in [-0.3, -0.25) is 0 Å². The molecule has 0 radical (unpaired) electrons. The minimum atomic E-state index is 0.528. The van der Waals surface area contributed by atoms with Crippen molar-refractivity contribution in [3.05, 3.63) is 41.6 Å². The summed E-state index contributed by atoms with van der Waals surface area (Å²) >= 11 is 0. The molecule has 1 aliphatic heterocycles. The van der Waals surface area contributed by atoms with Gasteiger partial charge in [-0.1, -0.05) is 12.1 Å². The fourth-order valence-electron chi connectivity index (χ4n) is 7.13. The highest BCUT2D eigenvalue weighted by Gasteiger charge is 2.63. The number of hydrogen-bond donors (Lipinski definition) is 0. The summed E-state index contributed by atoms with van der Waals surface area (Å²) in [7, 11) is 1.80. The van der Waals surface area contributed by atoms with Crippen LogP contribution in [0.25, 0.3) is 0 Å². The van der Waals surface area contributed by atoms with E-state index in [1.54, 1.807) is 18.2 Å². The predicted octanol–water partition coefficient (Wildman–Crippen LogP) is 4.75. The summed E-state index contributed by atoms with van der Waals surface area (Å²) in [5.41, 5.74) is 3.73. The number of rotatable bonds is 2. The minimum Gasteiger partial charge on any atom is -0.497 e. The monoisotopic (exact) mass is 323 g/mol. The zero-order valence-corrected chi connectivity index (χ0v) is 15.0. The molecule has 2 bridgehead atoms. The second-order valence-corrected chi connectivity index (χ2v) is 8.44. The molecule has 2 saturated carbocycles. The molecule has 0 aromatic heterocycles. The van der Waals surface area contributed by atoms with Gasteiger partial charge in [0.15, 0.2) is 0 Å². The Bertz CT molecular complexity index is 681. The van der Waals surface area contributed by atoms with Gasteiger partial charge in [-0.2, -0.15) is 0 Å². The second kappa shape index (κ2) is 5.28. The van der Waals surface area contributed by atoms with E-state index in [0.29, 0.717) is 11.5 Å². The third-order valence-electron chi connectivity index (χ3n) is 7.88. The Labute approximate surface area is 145 Å². The SMILES string of the molecule is C/C=C/N1CCC2C3CCC4c5cc(OC)ccc5CC1C42CC3. The Morgan fingerprint density at radius 2 is 2.12 bits per heavy atom. The molecule has 0 amide bonds. The fraction of sp³-hybridized carbons (Fsp3) is 0.636. The highest BCUT2D eigenvalue weighted by atomic mass is 16.5. The third kappa shape index (κ3) is 1.78. The molecule has 24 heavy (non-hydrogen) atoms. The van der Waals surface area contributed by atoms with Gasteiger partial charge in [0.05, 0.1) is 7.11 Å². The van der Waals surface area contributed by atoms with Gasteiger partial charge in [-0.15, -0.1) is 0 Å². The molecule has 2 nitrogen and oxygen atoms in total. The predicted molar refractivity (Wildman–Crippen MR) is 97.2 cm³/mol. The fourth-order valence-corrected chi connectivity index (χ4v) is 7.13. The molecule has 2 heteroatoms. The first-order valence-corrected chi connectivity index (χ1v) is 9.83. The summed E-state index contributed by atoms with van der Waals surface area (Å²) in [4.78, 5) is 2.70. The molecule has 3 fully saturated rings. The first kappa shape index (κ1) is 14.9. The number of benzene rings is 1. The van der Waals surface area contributed by atoms with Crippen LogP contribution in [0.4, 0.5) is 0 Å². The van der Waals surface area contributed by atoms with Crippen molar-refractivity contribution in [1.29, 1.82) is 0 Å². The average molecular weight is 323 g/mol. The first-order chi connectivity index (χ1) is 11.8. The molecule has 1 spiro atoms. The number of likely N-dealkylation sites (tertiary alicyclic amines) is 1. The number of nitrogens with zero attached hydrogens (tertiary/aromatic N) is 1. The largest absolute Gasteiger partial charge is 0.497 e. The van der Waals surface area contributed by atoms with E-state index < -0.39 is 0 Å². The van der Waals surface area contributed by atoms with Crippen LogP contribution in [0.1, 0.15) is 56.1 Å². The molecule has 5 atom stereocenters. The van der Waals surface area contributed by atoms with Crippen LogP contribution in [-0.2, 0) is 6.42 Å². The number of ether oxygens (including phenoxy) is 1. The lowest BCUT2D eigenvalue weighted by Crippen LogP contribution is -2.60. The Hall–Kier alpha value is -1.44. The van der Waals surface area contributed by atoms with Crippen LogP contribution >= 0.6 is 0 Å². The first-order valence-electron chi connectivity index (χ1n) is 9.83. The quantitative estimate of drug-likeness (QED) is 0.779. The van der Waals surface area contributed by atoms with Gasteiger partial charge in [0, 0.05) is 18.0 Å². The molecular weight excluding hydrogens is 294 g/mol. The van der Waals surface area contributed by atoms with E-state index in [-0.39, 0.29) is 0 Å². The Morgan fingerprint density at radius 1 is 1.21 bits per heavy atom. The van der Waals surface area contributed by atoms with Crippen LogP contribution in [0.15, 0.2) is 30.5 Å². The van der Waals surface area contributed by atoms with Gasteiger partial charge < -0.3 is 9.64 Å². The van der Waals surface area contributed by atoms with Crippen LogP contribution in [0.5, 0.6) is 5.75 Å². The minimum absolute atomic E-state index is 0.528. The summed E-state index contributed by atoms with van der Waals surface area (Å²) < 4.78 is 5.57. The molecule has 3 aliphatic carbocycles. The smallest absolute Gasteiger partial charge is 0.119 e. The zero-order chi connectivity index (χ0) is 16.3. The number of allylic oxidation sites excluding steroid dienone is 1. The second-order valence-electron chi connectivity index (χ2n) is 8.44. The molecule has 128 valence electrons. The molecule has 0 N–H and O–H groups in total. The molecule has 1 aromatic carbocycles. The lowest BCUT2D eigenvalue weighted by molar-refractivity contribution is -0.0563. The van der Waals surface area contributed by atoms with E-state index in [0.717, 1.165) is 23.5 Å². The lowest BCUT2D eigenvalue weighted by Gasteiger charge is -2.61. The molecule has 5 rings (SSSR count). The van der Waals surface area contributed by atoms with E-state index in [4.69, 9.17) is 4.74 Å². The van der Waals surface area contributed by atoms with Crippen molar-refractivity contribution in [3.63, 3.8) is 0 Å². The van der Waals surface area contributed by atoms with E-state index in [1.165, 1.54) is 45.1 Å². The van der Waals surface area contributed by atoms with Gasteiger partial charge in [0.25, 0.3) is 0 Å². The Kier molecular flexibility index (Phi) is 3.27. The standard InChI is InChI=1S/C22H29NO/c1-3-11-23-12-9-19-15-5-7-20-18-14-17(24-2)6-4-16(18)13-21(23)22(19,20)10-8-15/h3-4,6,11,14-15,19-21H,5,7-10,12-13H2,1-2H3/b11-3+. The van der Waals surface area contributed by atoms with Crippen molar-refractivity contribution in [2.75, 3.05) is 13.7 Å². The lowest BCUT2D eigenvalue weighted by atomic mass is 9.50. The Morgan fingerprint density at radius 3 is 2.96 bits per heavy atom. The summed E-state index contributed by atoms with van der Waals surface area (Å²) in [6.45, 7) is 3.43. The van der Waals surface area contributed by atoms with Crippen LogP contribution in [-0.4, -0.2) is 24.6 Å². The summed E-state index contributed by atoms with van der Waals surface area (Å²) in [6.07, 6.45) is 13.0. The highest BCUT2D eigenvalue weighted by Crippen LogP contribution is 2.68. The average Bonchev–Trinajstić information content (AvgIpc) is 2.86. The van der Waals surface area contributed by atoms with E-state index >= 15 is 0 Å². The normalized spacial score (nSPS) is 39.7. The van der Waals surface area contributed by atoms with Crippen molar-refractivity contribution in [2.24, 2.45) is 17.3 Å². The highest BCUT2D eigenvalue weighted by molar-refractivity contribution is 5.44. The maximum absolute atomic E-state index is 5.57. The van der Waals surface area contributed by atoms with Crippen molar-refractivity contribution in [2.45, 2.75) is 57.4 Å². The van der Waals surface area contributed by atoms with Crippen molar-refractivity contribution < 1.29 is 4.74 Å². The van der Waals surface area contributed by atoms with E-state index in [9.17, 15) is 0 Å².